The van der Waals surface area contributed by atoms with Crippen LogP contribution in [0.4, 0.5) is 4.39 Å². The molecule has 0 unspecified atom stereocenters. The fraction of sp³-hybridized carbons (Fsp3) is 0.562. The van der Waals surface area contributed by atoms with Gasteiger partial charge in [0.2, 0.25) is 0 Å². The standard InChI is InChI=1S/C16H23FN2O.ClH/c1-18(2)14-9-4-5-10-15(14)19(3)16(20)12-7-6-8-13(17)11-12;/h6-8,11,14-15H,4-5,9-10H2,1-3H3;1H/t14-,15-;/m1./s1. The maximum atomic E-state index is 13.3. The van der Waals surface area contributed by atoms with Gasteiger partial charge in [0.15, 0.2) is 0 Å². The Labute approximate surface area is 132 Å². The highest BCUT2D eigenvalue weighted by Gasteiger charge is 2.32. The smallest absolute Gasteiger partial charge is 0.254 e. The molecule has 0 saturated heterocycles. The van der Waals surface area contributed by atoms with Gasteiger partial charge in [0.1, 0.15) is 5.82 Å². The Morgan fingerprint density at radius 3 is 2.33 bits per heavy atom. The average Bonchev–Trinajstić information content (AvgIpc) is 2.45. The summed E-state index contributed by atoms with van der Waals surface area (Å²) in [4.78, 5) is 16.5. The van der Waals surface area contributed by atoms with Crippen LogP contribution in [0.1, 0.15) is 36.0 Å². The van der Waals surface area contributed by atoms with Gasteiger partial charge in [-0.25, -0.2) is 4.39 Å². The van der Waals surface area contributed by atoms with Crippen molar-refractivity contribution in [1.29, 1.82) is 0 Å². The summed E-state index contributed by atoms with van der Waals surface area (Å²) in [5.41, 5.74) is 0.426. The first kappa shape index (κ1) is 17.9. The highest BCUT2D eigenvalue weighted by molar-refractivity contribution is 5.94. The fourth-order valence-electron chi connectivity index (χ4n) is 3.12. The first-order chi connectivity index (χ1) is 9.50. The molecule has 3 nitrogen and oxygen atoms in total. The van der Waals surface area contributed by atoms with Gasteiger partial charge in [-0.15, -0.1) is 12.4 Å². The summed E-state index contributed by atoms with van der Waals surface area (Å²) >= 11 is 0. The van der Waals surface area contributed by atoms with Crippen molar-refractivity contribution in [3.63, 3.8) is 0 Å². The molecule has 0 spiro atoms. The summed E-state index contributed by atoms with van der Waals surface area (Å²) in [6.45, 7) is 0. The Kier molecular flexibility index (Phi) is 6.62. The second-order valence-corrected chi connectivity index (χ2v) is 5.81. The van der Waals surface area contributed by atoms with Crippen LogP contribution in [0.2, 0.25) is 0 Å². The van der Waals surface area contributed by atoms with Crippen LogP contribution in [0.25, 0.3) is 0 Å². The third kappa shape index (κ3) is 4.17. The van der Waals surface area contributed by atoms with Gasteiger partial charge >= 0.3 is 0 Å². The number of hydrogen-bond donors (Lipinski definition) is 0. The van der Waals surface area contributed by atoms with Crippen LogP contribution in [0.5, 0.6) is 0 Å². The second-order valence-electron chi connectivity index (χ2n) is 5.81. The van der Waals surface area contributed by atoms with E-state index in [9.17, 15) is 9.18 Å². The zero-order chi connectivity index (χ0) is 14.7. The number of amides is 1. The van der Waals surface area contributed by atoms with Crippen molar-refractivity contribution < 1.29 is 9.18 Å². The summed E-state index contributed by atoms with van der Waals surface area (Å²) in [5.74, 6) is -0.458. The second kappa shape index (κ2) is 7.76. The molecular formula is C16H24ClFN2O. The van der Waals surface area contributed by atoms with Crippen molar-refractivity contribution in [2.75, 3.05) is 21.1 Å². The van der Waals surface area contributed by atoms with Gasteiger partial charge in [-0.2, -0.15) is 0 Å². The van der Waals surface area contributed by atoms with E-state index >= 15 is 0 Å². The quantitative estimate of drug-likeness (QED) is 0.855. The molecule has 118 valence electrons. The van der Waals surface area contributed by atoms with E-state index in [1.807, 2.05) is 7.05 Å². The molecule has 1 aromatic rings. The van der Waals surface area contributed by atoms with Gasteiger partial charge in [-0.05, 0) is 45.1 Å². The minimum absolute atomic E-state index is 0. The molecule has 5 heteroatoms. The molecule has 0 N–H and O–H groups in total. The summed E-state index contributed by atoms with van der Waals surface area (Å²) in [6, 6.07) is 6.52. The third-order valence-electron chi connectivity index (χ3n) is 4.25. The van der Waals surface area contributed by atoms with Crippen molar-refractivity contribution in [3.05, 3.63) is 35.6 Å². The van der Waals surface area contributed by atoms with Gasteiger partial charge in [-0.3, -0.25) is 4.79 Å². The molecule has 1 aromatic carbocycles. The van der Waals surface area contributed by atoms with Crippen LogP contribution < -0.4 is 0 Å². The molecule has 0 aliphatic heterocycles. The highest BCUT2D eigenvalue weighted by atomic mass is 35.5. The molecule has 0 aromatic heterocycles. The number of carbonyl (C=O) groups excluding carboxylic acids is 1. The SMILES string of the molecule is CN(C)[C@@H]1CCCC[C@H]1N(C)C(=O)c1cccc(F)c1.Cl. The number of halogens is 2. The van der Waals surface area contributed by atoms with E-state index in [4.69, 9.17) is 0 Å². The van der Waals surface area contributed by atoms with Crippen molar-refractivity contribution >= 4 is 18.3 Å². The van der Waals surface area contributed by atoms with E-state index in [0.717, 1.165) is 19.3 Å². The molecule has 2 rings (SSSR count). The van der Waals surface area contributed by atoms with Crippen LogP contribution in [0, 0.1) is 5.82 Å². The Balaban J connectivity index is 0.00000220. The normalized spacial score (nSPS) is 21.8. The van der Waals surface area contributed by atoms with E-state index in [1.54, 1.807) is 17.0 Å². The predicted octanol–water partition coefficient (Wildman–Crippen LogP) is 3.19. The molecule has 2 atom stereocenters. The molecule has 1 fully saturated rings. The Hall–Kier alpha value is -1.13. The summed E-state index contributed by atoms with van der Waals surface area (Å²) in [6.07, 6.45) is 4.48. The lowest BCUT2D eigenvalue weighted by atomic mass is 9.88. The molecule has 1 amide bonds. The largest absolute Gasteiger partial charge is 0.337 e. The van der Waals surface area contributed by atoms with Crippen LogP contribution in [-0.2, 0) is 0 Å². The molecule has 21 heavy (non-hydrogen) atoms. The third-order valence-corrected chi connectivity index (χ3v) is 4.25. The van der Waals surface area contributed by atoms with Gasteiger partial charge in [-0.1, -0.05) is 18.9 Å². The minimum atomic E-state index is -0.364. The van der Waals surface area contributed by atoms with E-state index in [-0.39, 0.29) is 30.2 Å². The first-order valence-corrected chi connectivity index (χ1v) is 7.20. The van der Waals surface area contributed by atoms with Crippen LogP contribution in [-0.4, -0.2) is 48.9 Å². The van der Waals surface area contributed by atoms with E-state index in [2.05, 4.69) is 19.0 Å². The van der Waals surface area contributed by atoms with Crippen LogP contribution in [0.3, 0.4) is 0 Å². The summed E-state index contributed by atoms with van der Waals surface area (Å²) < 4.78 is 13.3. The number of hydrogen-bond acceptors (Lipinski definition) is 2. The molecule has 1 aliphatic rings. The van der Waals surface area contributed by atoms with Crippen molar-refractivity contribution in [2.24, 2.45) is 0 Å². The zero-order valence-corrected chi connectivity index (χ0v) is 13.7. The number of benzene rings is 1. The van der Waals surface area contributed by atoms with Gasteiger partial charge in [0, 0.05) is 24.7 Å². The molecule has 0 heterocycles. The van der Waals surface area contributed by atoms with Crippen LogP contribution in [0.15, 0.2) is 24.3 Å². The topological polar surface area (TPSA) is 23.6 Å². The lowest BCUT2D eigenvalue weighted by molar-refractivity contribution is 0.0544. The highest BCUT2D eigenvalue weighted by Crippen LogP contribution is 2.26. The van der Waals surface area contributed by atoms with Gasteiger partial charge in [0.25, 0.3) is 5.91 Å². The van der Waals surface area contributed by atoms with Gasteiger partial charge in [0.05, 0.1) is 0 Å². The molecular weight excluding hydrogens is 291 g/mol. The molecule has 0 radical (unpaired) electrons. The van der Waals surface area contributed by atoms with E-state index in [1.165, 1.54) is 18.6 Å². The Bertz CT molecular complexity index is 481. The summed E-state index contributed by atoms with van der Waals surface area (Å²) in [7, 11) is 5.95. The monoisotopic (exact) mass is 314 g/mol. The Morgan fingerprint density at radius 1 is 1.14 bits per heavy atom. The average molecular weight is 315 g/mol. The molecule has 1 aliphatic carbocycles. The van der Waals surface area contributed by atoms with Gasteiger partial charge < -0.3 is 9.80 Å². The number of likely N-dealkylation sites (N-methyl/N-ethyl adjacent to an activating group) is 2. The maximum Gasteiger partial charge on any atom is 0.254 e. The van der Waals surface area contributed by atoms with Crippen molar-refractivity contribution in [3.8, 4) is 0 Å². The van der Waals surface area contributed by atoms with E-state index in [0.29, 0.717) is 11.6 Å². The van der Waals surface area contributed by atoms with Crippen molar-refractivity contribution in [1.82, 2.24) is 9.80 Å². The Morgan fingerprint density at radius 2 is 1.76 bits per heavy atom. The molecule has 0 bridgehead atoms. The van der Waals surface area contributed by atoms with Crippen LogP contribution >= 0.6 is 12.4 Å². The summed E-state index contributed by atoms with van der Waals surface area (Å²) in [5, 5.41) is 0. The molecule has 1 saturated carbocycles. The predicted molar refractivity (Wildman–Crippen MR) is 85.5 cm³/mol. The lowest BCUT2D eigenvalue weighted by Crippen LogP contribution is -2.51. The zero-order valence-electron chi connectivity index (χ0n) is 12.9. The fourth-order valence-corrected chi connectivity index (χ4v) is 3.12. The first-order valence-electron chi connectivity index (χ1n) is 7.20. The minimum Gasteiger partial charge on any atom is -0.337 e. The van der Waals surface area contributed by atoms with Crippen molar-refractivity contribution in [2.45, 2.75) is 37.8 Å². The number of nitrogens with zero attached hydrogens (tertiary/aromatic N) is 2. The van der Waals surface area contributed by atoms with E-state index < -0.39 is 0 Å². The lowest BCUT2D eigenvalue weighted by Gasteiger charge is -2.41. The maximum absolute atomic E-state index is 13.3. The number of carbonyl (C=O) groups is 1. The number of rotatable bonds is 3.